The first kappa shape index (κ1) is 15.6. The first-order valence-electron chi connectivity index (χ1n) is 7.76. The van der Waals surface area contributed by atoms with Crippen LogP contribution in [0.15, 0.2) is 18.2 Å². The van der Waals surface area contributed by atoms with Crippen LogP contribution in [0.1, 0.15) is 24.8 Å². The first-order valence-corrected chi connectivity index (χ1v) is 8.52. The molecule has 1 aromatic carbocycles. The van der Waals surface area contributed by atoms with Crippen molar-refractivity contribution in [2.75, 3.05) is 26.8 Å². The standard InChI is InChI=1S/C17H23Cl2NO/c1-21-6-5-20-11-17(9-13-7-14(13)10-17)8-12-3-2-4-15(18)16(12)19/h2-4,13-14,20H,5-11H2,1H3. The summed E-state index contributed by atoms with van der Waals surface area (Å²) in [6, 6.07) is 5.99. The van der Waals surface area contributed by atoms with Crippen LogP contribution in [0.4, 0.5) is 0 Å². The normalized spacial score (nSPS) is 30.4. The third-order valence-electron chi connectivity index (χ3n) is 5.04. The molecule has 2 saturated carbocycles. The van der Waals surface area contributed by atoms with Gasteiger partial charge in [0, 0.05) is 20.2 Å². The second-order valence-corrected chi connectivity index (χ2v) is 7.51. The van der Waals surface area contributed by atoms with E-state index >= 15 is 0 Å². The molecule has 1 aromatic rings. The quantitative estimate of drug-likeness (QED) is 0.758. The summed E-state index contributed by atoms with van der Waals surface area (Å²) in [4.78, 5) is 0. The number of nitrogens with one attached hydrogen (secondary N) is 1. The topological polar surface area (TPSA) is 21.3 Å². The Kier molecular flexibility index (Phi) is 4.80. The largest absolute Gasteiger partial charge is 0.383 e. The number of hydrogen-bond acceptors (Lipinski definition) is 2. The summed E-state index contributed by atoms with van der Waals surface area (Å²) in [7, 11) is 1.74. The van der Waals surface area contributed by atoms with Crippen molar-refractivity contribution in [2.45, 2.75) is 25.7 Å². The van der Waals surface area contributed by atoms with E-state index in [1.807, 2.05) is 12.1 Å². The van der Waals surface area contributed by atoms with E-state index in [0.29, 0.717) is 10.4 Å². The van der Waals surface area contributed by atoms with Crippen LogP contribution in [-0.2, 0) is 11.2 Å². The molecular formula is C17H23Cl2NO. The summed E-state index contributed by atoms with van der Waals surface area (Å²) in [5.41, 5.74) is 1.54. The lowest BCUT2D eigenvalue weighted by molar-refractivity contribution is 0.186. The van der Waals surface area contributed by atoms with Crippen molar-refractivity contribution in [1.29, 1.82) is 0 Å². The second kappa shape index (κ2) is 6.45. The Morgan fingerprint density at radius 1 is 1.29 bits per heavy atom. The Morgan fingerprint density at radius 2 is 2.05 bits per heavy atom. The average molecular weight is 328 g/mol. The van der Waals surface area contributed by atoms with E-state index in [1.165, 1.54) is 24.8 Å². The molecule has 0 radical (unpaired) electrons. The summed E-state index contributed by atoms with van der Waals surface area (Å²) < 4.78 is 5.12. The van der Waals surface area contributed by atoms with Gasteiger partial charge in [0.05, 0.1) is 16.7 Å². The Hall–Kier alpha value is -0.280. The minimum atomic E-state index is 0.343. The van der Waals surface area contributed by atoms with E-state index in [0.717, 1.165) is 43.0 Å². The van der Waals surface area contributed by atoms with E-state index in [4.69, 9.17) is 27.9 Å². The van der Waals surface area contributed by atoms with Gasteiger partial charge in [0.2, 0.25) is 0 Å². The third kappa shape index (κ3) is 3.56. The fraction of sp³-hybridized carbons (Fsp3) is 0.647. The molecule has 2 unspecified atom stereocenters. The number of benzene rings is 1. The molecule has 2 fully saturated rings. The van der Waals surface area contributed by atoms with Gasteiger partial charge in [-0.1, -0.05) is 35.3 Å². The van der Waals surface area contributed by atoms with Gasteiger partial charge < -0.3 is 10.1 Å². The summed E-state index contributed by atoms with van der Waals surface area (Å²) in [5.74, 6) is 1.90. The molecule has 2 atom stereocenters. The Morgan fingerprint density at radius 3 is 2.76 bits per heavy atom. The number of hydrogen-bond donors (Lipinski definition) is 1. The van der Waals surface area contributed by atoms with E-state index in [-0.39, 0.29) is 0 Å². The summed E-state index contributed by atoms with van der Waals surface area (Å²) in [5, 5.41) is 4.96. The minimum Gasteiger partial charge on any atom is -0.383 e. The summed E-state index contributed by atoms with van der Waals surface area (Å²) >= 11 is 12.6. The van der Waals surface area contributed by atoms with Crippen molar-refractivity contribution in [2.24, 2.45) is 17.3 Å². The van der Waals surface area contributed by atoms with Crippen LogP contribution in [0.2, 0.25) is 10.0 Å². The van der Waals surface area contributed by atoms with Gasteiger partial charge in [-0.05, 0) is 54.6 Å². The number of rotatable bonds is 7. The molecule has 0 aromatic heterocycles. The molecule has 2 aliphatic rings. The molecule has 0 aliphatic heterocycles. The van der Waals surface area contributed by atoms with Crippen molar-refractivity contribution < 1.29 is 4.74 Å². The molecular weight excluding hydrogens is 305 g/mol. The predicted octanol–water partition coefficient (Wildman–Crippen LogP) is 4.19. The maximum Gasteiger partial charge on any atom is 0.0624 e. The lowest BCUT2D eigenvalue weighted by Gasteiger charge is -2.32. The minimum absolute atomic E-state index is 0.343. The van der Waals surface area contributed by atoms with Gasteiger partial charge in [-0.3, -0.25) is 0 Å². The van der Waals surface area contributed by atoms with Gasteiger partial charge in [0.15, 0.2) is 0 Å². The van der Waals surface area contributed by atoms with Gasteiger partial charge in [-0.2, -0.15) is 0 Å². The van der Waals surface area contributed by atoms with Gasteiger partial charge in [-0.25, -0.2) is 0 Å². The molecule has 0 bridgehead atoms. The van der Waals surface area contributed by atoms with Crippen LogP contribution in [0.5, 0.6) is 0 Å². The highest BCUT2D eigenvalue weighted by Crippen LogP contribution is 2.60. The third-order valence-corrected chi connectivity index (χ3v) is 5.90. The second-order valence-electron chi connectivity index (χ2n) is 6.72. The predicted molar refractivity (Wildman–Crippen MR) is 88.2 cm³/mol. The van der Waals surface area contributed by atoms with Crippen LogP contribution in [0.3, 0.4) is 0 Å². The Bertz CT molecular complexity index is 496. The Balaban J connectivity index is 1.69. The maximum atomic E-state index is 6.39. The molecule has 0 saturated heterocycles. The van der Waals surface area contributed by atoms with E-state index in [2.05, 4.69) is 11.4 Å². The smallest absolute Gasteiger partial charge is 0.0624 e. The lowest BCUT2D eigenvalue weighted by atomic mass is 9.77. The molecule has 0 amide bonds. The zero-order valence-corrected chi connectivity index (χ0v) is 14.0. The SMILES string of the molecule is COCCNCC1(Cc2cccc(Cl)c2Cl)CC2CC2C1. The van der Waals surface area contributed by atoms with Crippen LogP contribution < -0.4 is 5.32 Å². The lowest BCUT2D eigenvalue weighted by Crippen LogP contribution is -2.36. The van der Waals surface area contributed by atoms with Crippen molar-refractivity contribution in [1.82, 2.24) is 5.32 Å². The van der Waals surface area contributed by atoms with E-state index < -0.39 is 0 Å². The monoisotopic (exact) mass is 327 g/mol. The molecule has 21 heavy (non-hydrogen) atoms. The van der Waals surface area contributed by atoms with Crippen LogP contribution >= 0.6 is 23.2 Å². The van der Waals surface area contributed by atoms with Crippen LogP contribution in [0.25, 0.3) is 0 Å². The van der Waals surface area contributed by atoms with E-state index in [9.17, 15) is 0 Å². The average Bonchev–Trinajstić information content (AvgIpc) is 3.08. The van der Waals surface area contributed by atoms with E-state index in [1.54, 1.807) is 7.11 Å². The highest BCUT2D eigenvalue weighted by atomic mass is 35.5. The zero-order chi connectivity index (χ0) is 14.9. The Labute approximate surface area is 137 Å². The van der Waals surface area contributed by atoms with Crippen molar-refractivity contribution >= 4 is 23.2 Å². The zero-order valence-electron chi connectivity index (χ0n) is 12.5. The van der Waals surface area contributed by atoms with Crippen LogP contribution in [0, 0.1) is 17.3 Å². The molecule has 0 spiro atoms. The number of ether oxygens (including phenoxy) is 1. The number of halogens is 2. The molecule has 4 heteroatoms. The molecule has 1 N–H and O–H groups in total. The molecule has 2 aliphatic carbocycles. The van der Waals surface area contributed by atoms with Crippen molar-refractivity contribution in [3.05, 3.63) is 33.8 Å². The number of methoxy groups -OCH3 is 1. The van der Waals surface area contributed by atoms with Gasteiger partial charge in [-0.15, -0.1) is 0 Å². The molecule has 0 heterocycles. The molecule has 116 valence electrons. The first-order chi connectivity index (χ1) is 10.1. The summed E-state index contributed by atoms with van der Waals surface area (Å²) in [6.07, 6.45) is 5.10. The highest BCUT2D eigenvalue weighted by molar-refractivity contribution is 6.42. The van der Waals surface area contributed by atoms with Crippen molar-refractivity contribution in [3.63, 3.8) is 0 Å². The van der Waals surface area contributed by atoms with Crippen LogP contribution in [-0.4, -0.2) is 26.8 Å². The maximum absolute atomic E-state index is 6.39. The highest BCUT2D eigenvalue weighted by Gasteiger charge is 2.53. The number of fused-ring (bicyclic) bond motifs is 1. The molecule has 2 nitrogen and oxygen atoms in total. The molecule has 3 rings (SSSR count). The fourth-order valence-corrected chi connectivity index (χ4v) is 4.36. The van der Waals surface area contributed by atoms with Gasteiger partial charge >= 0.3 is 0 Å². The summed E-state index contributed by atoms with van der Waals surface area (Å²) in [6.45, 7) is 2.73. The van der Waals surface area contributed by atoms with Gasteiger partial charge in [0.1, 0.15) is 0 Å². The fourth-order valence-electron chi connectivity index (χ4n) is 3.97. The van der Waals surface area contributed by atoms with Crippen molar-refractivity contribution in [3.8, 4) is 0 Å². The van der Waals surface area contributed by atoms with Gasteiger partial charge in [0.25, 0.3) is 0 Å².